The molecule has 0 saturated heterocycles. The summed E-state index contributed by atoms with van der Waals surface area (Å²) in [6.07, 6.45) is 0. The summed E-state index contributed by atoms with van der Waals surface area (Å²) in [5, 5.41) is 0. The van der Waals surface area contributed by atoms with Crippen molar-refractivity contribution in [3.05, 3.63) is 82.1 Å². The second-order valence-electron chi connectivity index (χ2n) is 5.56. The quantitative estimate of drug-likeness (QED) is 0.715. The monoisotopic (exact) mass is 350 g/mol. The minimum absolute atomic E-state index is 0.0866. The zero-order valence-electron chi connectivity index (χ0n) is 14.4. The van der Waals surface area contributed by atoms with Gasteiger partial charge >= 0.3 is 0 Å². The molecular weight excluding hydrogens is 332 g/mol. The fraction of sp³-hybridized carbons (Fsp3) is 0.100. The summed E-state index contributed by atoms with van der Waals surface area (Å²) in [6.45, 7) is 0. The van der Waals surface area contributed by atoms with E-state index in [2.05, 4.69) is 0 Å². The molecule has 1 heterocycles. The first-order chi connectivity index (χ1) is 12.5. The number of pyridine rings is 1. The highest BCUT2D eigenvalue weighted by Crippen LogP contribution is 2.21. The number of nitrogens with two attached hydrogens (primary N) is 1. The van der Waals surface area contributed by atoms with Gasteiger partial charge in [0.15, 0.2) is 5.78 Å². The van der Waals surface area contributed by atoms with Gasteiger partial charge in [0, 0.05) is 11.6 Å². The molecule has 3 aromatic rings. The van der Waals surface area contributed by atoms with Crippen LogP contribution in [0.2, 0.25) is 0 Å². The molecule has 0 spiro atoms. The highest BCUT2D eigenvalue weighted by molar-refractivity contribution is 6.11. The molecule has 0 aliphatic rings. The van der Waals surface area contributed by atoms with Crippen molar-refractivity contribution >= 4 is 11.6 Å². The molecule has 6 nitrogen and oxygen atoms in total. The average molecular weight is 350 g/mol. The maximum absolute atomic E-state index is 12.8. The van der Waals surface area contributed by atoms with Gasteiger partial charge in [-0.25, -0.2) is 0 Å². The first-order valence-electron chi connectivity index (χ1n) is 7.90. The van der Waals surface area contributed by atoms with E-state index in [0.717, 1.165) is 0 Å². The molecule has 1 aromatic heterocycles. The summed E-state index contributed by atoms with van der Waals surface area (Å²) in [5.41, 5.74) is 7.11. The molecule has 0 amide bonds. The number of nitrogens with zero attached hydrogens (tertiary/aromatic N) is 1. The van der Waals surface area contributed by atoms with E-state index in [1.165, 1.54) is 16.7 Å². The van der Waals surface area contributed by atoms with Crippen molar-refractivity contribution in [1.82, 2.24) is 4.57 Å². The Labute approximate surface area is 150 Å². The third-order valence-corrected chi connectivity index (χ3v) is 4.06. The van der Waals surface area contributed by atoms with Crippen LogP contribution >= 0.6 is 0 Å². The summed E-state index contributed by atoms with van der Waals surface area (Å²) in [6, 6.07) is 16.3. The molecule has 2 N–H and O–H groups in total. The largest absolute Gasteiger partial charge is 0.497 e. The SMILES string of the molecule is COc1ccc(C(=O)c2ccc(=O)n(-c3ccc(OC)cc3)c2N)cc1. The van der Waals surface area contributed by atoms with Crippen LogP contribution in [0.5, 0.6) is 11.5 Å². The Bertz CT molecular complexity index is 990. The van der Waals surface area contributed by atoms with Crippen LogP contribution in [-0.4, -0.2) is 24.6 Å². The van der Waals surface area contributed by atoms with Crippen molar-refractivity contribution in [2.45, 2.75) is 0 Å². The van der Waals surface area contributed by atoms with Gasteiger partial charge in [0.2, 0.25) is 0 Å². The van der Waals surface area contributed by atoms with Crippen LogP contribution in [0.15, 0.2) is 65.5 Å². The number of hydrogen-bond acceptors (Lipinski definition) is 5. The molecular formula is C20H18N2O4. The maximum atomic E-state index is 12.8. The third-order valence-electron chi connectivity index (χ3n) is 4.06. The predicted octanol–water partition coefficient (Wildman–Crippen LogP) is 2.67. The lowest BCUT2D eigenvalue weighted by Gasteiger charge is -2.13. The van der Waals surface area contributed by atoms with Crippen LogP contribution in [0.3, 0.4) is 0 Å². The number of anilines is 1. The standard InChI is InChI=1S/C20H18N2O4/c1-25-15-7-3-13(4-8-15)19(24)17-11-12-18(23)22(20(17)21)14-5-9-16(26-2)10-6-14/h3-12H,21H2,1-2H3. The van der Waals surface area contributed by atoms with Crippen molar-refractivity contribution < 1.29 is 14.3 Å². The minimum atomic E-state index is -0.320. The second kappa shape index (κ2) is 7.14. The summed E-state index contributed by atoms with van der Waals surface area (Å²) >= 11 is 0. The van der Waals surface area contributed by atoms with Crippen molar-refractivity contribution in [3.8, 4) is 17.2 Å². The van der Waals surface area contributed by atoms with Gasteiger partial charge in [0.25, 0.3) is 5.56 Å². The Balaban J connectivity index is 2.05. The van der Waals surface area contributed by atoms with E-state index in [1.807, 2.05) is 0 Å². The van der Waals surface area contributed by atoms with Crippen molar-refractivity contribution in [3.63, 3.8) is 0 Å². The van der Waals surface area contributed by atoms with E-state index in [4.69, 9.17) is 15.2 Å². The smallest absolute Gasteiger partial charge is 0.256 e. The van der Waals surface area contributed by atoms with E-state index in [0.29, 0.717) is 22.7 Å². The summed E-state index contributed by atoms with van der Waals surface area (Å²) in [7, 11) is 3.11. The average Bonchev–Trinajstić information content (AvgIpc) is 2.68. The predicted molar refractivity (Wildman–Crippen MR) is 99.4 cm³/mol. The fourth-order valence-corrected chi connectivity index (χ4v) is 2.64. The van der Waals surface area contributed by atoms with Gasteiger partial charge in [-0.2, -0.15) is 0 Å². The summed E-state index contributed by atoms with van der Waals surface area (Å²) < 4.78 is 11.5. The van der Waals surface area contributed by atoms with Crippen molar-refractivity contribution in [2.75, 3.05) is 20.0 Å². The normalized spacial score (nSPS) is 10.4. The van der Waals surface area contributed by atoms with Crippen LogP contribution in [0.4, 0.5) is 5.82 Å². The number of nitrogen functional groups attached to an aromatic ring is 1. The fourth-order valence-electron chi connectivity index (χ4n) is 2.64. The van der Waals surface area contributed by atoms with Crippen LogP contribution in [0, 0.1) is 0 Å². The number of benzene rings is 2. The first kappa shape index (κ1) is 17.3. The number of ketones is 1. The molecule has 0 radical (unpaired) electrons. The van der Waals surface area contributed by atoms with Gasteiger partial charge in [-0.1, -0.05) is 0 Å². The Hall–Kier alpha value is -3.54. The van der Waals surface area contributed by atoms with E-state index in [-0.39, 0.29) is 22.7 Å². The molecule has 0 aliphatic carbocycles. The highest BCUT2D eigenvalue weighted by atomic mass is 16.5. The number of methoxy groups -OCH3 is 2. The lowest BCUT2D eigenvalue weighted by molar-refractivity contribution is 0.103. The molecule has 0 atom stereocenters. The third kappa shape index (κ3) is 3.17. The number of carbonyl (C=O) groups is 1. The number of rotatable bonds is 5. The van der Waals surface area contributed by atoms with Crippen LogP contribution in [0.25, 0.3) is 5.69 Å². The van der Waals surface area contributed by atoms with Crippen molar-refractivity contribution in [2.24, 2.45) is 0 Å². The molecule has 3 rings (SSSR count). The Morgan fingerprint density at radius 1 is 0.846 bits per heavy atom. The molecule has 6 heteroatoms. The number of ether oxygens (including phenoxy) is 2. The summed E-state index contributed by atoms with van der Waals surface area (Å²) in [4.78, 5) is 25.1. The number of carbonyl (C=O) groups excluding carboxylic acids is 1. The molecule has 0 saturated carbocycles. The van der Waals surface area contributed by atoms with E-state index < -0.39 is 0 Å². The van der Waals surface area contributed by atoms with Crippen molar-refractivity contribution in [1.29, 1.82) is 0 Å². The number of aromatic nitrogens is 1. The van der Waals surface area contributed by atoms with Crippen LogP contribution < -0.4 is 20.8 Å². The summed E-state index contributed by atoms with van der Waals surface area (Å²) in [5.74, 6) is 1.12. The lowest BCUT2D eigenvalue weighted by Crippen LogP contribution is -2.23. The molecule has 132 valence electrons. The highest BCUT2D eigenvalue weighted by Gasteiger charge is 2.17. The first-order valence-corrected chi connectivity index (χ1v) is 7.90. The minimum Gasteiger partial charge on any atom is -0.497 e. The molecule has 2 aromatic carbocycles. The van der Waals surface area contributed by atoms with Gasteiger partial charge in [-0.15, -0.1) is 0 Å². The molecule has 0 fully saturated rings. The van der Waals surface area contributed by atoms with Gasteiger partial charge < -0.3 is 15.2 Å². The molecule has 0 unspecified atom stereocenters. The zero-order chi connectivity index (χ0) is 18.7. The topological polar surface area (TPSA) is 83.5 Å². The zero-order valence-corrected chi connectivity index (χ0v) is 14.4. The van der Waals surface area contributed by atoms with E-state index >= 15 is 0 Å². The molecule has 0 bridgehead atoms. The maximum Gasteiger partial charge on any atom is 0.256 e. The van der Waals surface area contributed by atoms with Gasteiger partial charge in [-0.05, 0) is 54.6 Å². The Kier molecular flexibility index (Phi) is 4.75. The van der Waals surface area contributed by atoms with Crippen LogP contribution in [0.1, 0.15) is 15.9 Å². The Morgan fingerprint density at radius 3 is 1.92 bits per heavy atom. The Morgan fingerprint density at radius 2 is 1.38 bits per heavy atom. The van der Waals surface area contributed by atoms with E-state index in [9.17, 15) is 9.59 Å². The second-order valence-corrected chi connectivity index (χ2v) is 5.56. The lowest BCUT2D eigenvalue weighted by atomic mass is 10.0. The molecule has 26 heavy (non-hydrogen) atoms. The van der Waals surface area contributed by atoms with Gasteiger partial charge in [-0.3, -0.25) is 14.2 Å². The van der Waals surface area contributed by atoms with Gasteiger partial charge in [0.05, 0.1) is 25.5 Å². The van der Waals surface area contributed by atoms with Crippen LogP contribution in [-0.2, 0) is 0 Å². The van der Waals surface area contributed by atoms with Gasteiger partial charge in [0.1, 0.15) is 17.3 Å². The molecule has 0 aliphatic heterocycles. The number of hydrogen-bond donors (Lipinski definition) is 1. The van der Waals surface area contributed by atoms with E-state index in [1.54, 1.807) is 62.8 Å².